The second-order valence-electron chi connectivity index (χ2n) is 21.4. The highest BCUT2D eigenvalue weighted by Gasteiger charge is 2.53. The first-order chi connectivity index (χ1) is 37.8. The largest absolute Gasteiger partial charge is 0.394 e. The number of carbonyl (C=O) groups is 1. The van der Waals surface area contributed by atoms with Gasteiger partial charge in [-0.3, -0.25) is 4.79 Å². The summed E-state index contributed by atoms with van der Waals surface area (Å²) in [4.78, 5) is 13.3. The van der Waals surface area contributed by atoms with E-state index in [1.165, 1.54) is 96.3 Å². The van der Waals surface area contributed by atoms with Gasteiger partial charge in [-0.1, -0.05) is 165 Å². The molecule has 454 valence electrons. The normalized spacial score (nSPS) is 30.8. The summed E-state index contributed by atoms with van der Waals surface area (Å²) in [7, 11) is 0. The van der Waals surface area contributed by atoms with Crippen LogP contribution in [0.5, 0.6) is 0 Å². The molecule has 0 aromatic heterocycles. The molecule has 0 spiro atoms. The minimum absolute atomic E-state index is 0.229. The smallest absolute Gasteiger partial charge is 0.220 e. The molecule has 3 aliphatic rings. The zero-order valence-electron chi connectivity index (χ0n) is 47.1. The fraction of sp³-hybridized carbons (Fsp3) is 0.847. The Labute approximate surface area is 465 Å². The molecule has 78 heavy (non-hydrogen) atoms. The van der Waals surface area contributed by atoms with Crippen molar-refractivity contribution in [3.05, 3.63) is 48.6 Å². The van der Waals surface area contributed by atoms with Gasteiger partial charge in [0.15, 0.2) is 18.9 Å². The van der Waals surface area contributed by atoms with Gasteiger partial charge in [-0.15, -0.1) is 0 Å². The number of nitrogens with one attached hydrogen (secondary N) is 1. The van der Waals surface area contributed by atoms with E-state index in [-0.39, 0.29) is 18.9 Å². The number of aliphatic hydroxyl groups excluding tert-OH is 11. The third-order valence-corrected chi connectivity index (χ3v) is 14.8. The van der Waals surface area contributed by atoms with Gasteiger partial charge in [0.1, 0.15) is 73.2 Å². The Morgan fingerprint density at radius 3 is 1.36 bits per heavy atom. The van der Waals surface area contributed by atoms with E-state index in [4.69, 9.17) is 28.4 Å². The van der Waals surface area contributed by atoms with E-state index >= 15 is 0 Å². The molecule has 3 fully saturated rings. The number of unbranched alkanes of at least 4 members (excludes halogenated alkanes) is 21. The summed E-state index contributed by atoms with van der Waals surface area (Å²) >= 11 is 0. The topological polar surface area (TPSA) is 307 Å². The first kappa shape index (κ1) is 70.0. The average molecular weight is 1120 g/mol. The Balaban J connectivity index is 1.49. The van der Waals surface area contributed by atoms with E-state index in [9.17, 15) is 61.0 Å². The Morgan fingerprint density at radius 1 is 0.462 bits per heavy atom. The first-order valence-electron chi connectivity index (χ1n) is 29.9. The van der Waals surface area contributed by atoms with Gasteiger partial charge < -0.3 is 89.9 Å². The van der Waals surface area contributed by atoms with Crippen molar-refractivity contribution in [2.24, 2.45) is 0 Å². The molecule has 3 saturated heterocycles. The predicted molar refractivity (Wildman–Crippen MR) is 295 cm³/mol. The Bertz CT molecular complexity index is 1620. The maximum atomic E-state index is 13.3. The molecular weight excluding hydrogens is 1010 g/mol. The van der Waals surface area contributed by atoms with Crippen molar-refractivity contribution in [2.45, 2.75) is 291 Å². The molecule has 19 nitrogen and oxygen atoms in total. The van der Waals surface area contributed by atoms with Gasteiger partial charge >= 0.3 is 0 Å². The van der Waals surface area contributed by atoms with Crippen molar-refractivity contribution in [3.8, 4) is 0 Å². The van der Waals surface area contributed by atoms with Crippen LogP contribution >= 0.6 is 0 Å². The van der Waals surface area contributed by atoms with E-state index < -0.39 is 124 Å². The number of hydrogen-bond donors (Lipinski definition) is 12. The molecule has 12 N–H and O–H groups in total. The molecule has 0 aromatic rings. The summed E-state index contributed by atoms with van der Waals surface area (Å²) in [6.07, 6.45) is 19.6. The molecule has 0 bridgehead atoms. The number of amides is 1. The molecule has 3 rings (SSSR count). The van der Waals surface area contributed by atoms with Crippen LogP contribution in [0.1, 0.15) is 187 Å². The highest BCUT2D eigenvalue weighted by molar-refractivity contribution is 5.76. The molecule has 0 aliphatic carbocycles. The fourth-order valence-corrected chi connectivity index (χ4v) is 9.88. The van der Waals surface area contributed by atoms with Crippen molar-refractivity contribution in [3.63, 3.8) is 0 Å². The van der Waals surface area contributed by atoms with E-state index in [2.05, 4.69) is 55.6 Å². The van der Waals surface area contributed by atoms with Gasteiger partial charge in [0.2, 0.25) is 5.91 Å². The maximum absolute atomic E-state index is 13.3. The molecule has 0 radical (unpaired) electrons. The molecular formula is C59H105NO18. The SMILES string of the molecule is CCCCCCC/C=C\C/C=C\CCCCCCCCCCCC(=O)NC(COC1OC(CO)C(OC2OC(CO)C(OC3OC(CO)C(O)C(O)C3O)C(O)C2O)C(O)C1O)C(O)/C=C/CC/C=C/CCCCCCCC. The van der Waals surface area contributed by atoms with Gasteiger partial charge in [0, 0.05) is 6.42 Å². The summed E-state index contributed by atoms with van der Waals surface area (Å²) in [5, 5.41) is 120. The molecule has 19 heteroatoms. The lowest BCUT2D eigenvalue weighted by atomic mass is 9.96. The number of hydrogen-bond acceptors (Lipinski definition) is 18. The van der Waals surface area contributed by atoms with Crippen molar-refractivity contribution in [2.75, 3.05) is 26.4 Å². The highest BCUT2D eigenvalue weighted by atomic mass is 16.8. The number of ether oxygens (including phenoxy) is 6. The predicted octanol–water partition coefficient (Wildman–Crippen LogP) is 5.09. The van der Waals surface area contributed by atoms with Crippen LogP contribution in [0.2, 0.25) is 0 Å². The Morgan fingerprint density at radius 2 is 0.859 bits per heavy atom. The van der Waals surface area contributed by atoms with E-state index in [0.29, 0.717) is 12.8 Å². The van der Waals surface area contributed by atoms with Gasteiger partial charge in [-0.25, -0.2) is 0 Å². The Hall–Kier alpha value is -2.25. The van der Waals surface area contributed by atoms with Gasteiger partial charge in [-0.05, 0) is 64.2 Å². The summed E-state index contributed by atoms with van der Waals surface area (Å²) < 4.78 is 34.2. The number of allylic oxidation sites excluding steroid dienone is 7. The quantitative estimate of drug-likeness (QED) is 0.0279. The first-order valence-corrected chi connectivity index (χ1v) is 29.9. The van der Waals surface area contributed by atoms with Crippen LogP contribution in [0.4, 0.5) is 0 Å². The number of carbonyl (C=O) groups excluding carboxylic acids is 1. The number of rotatable bonds is 43. The minimum atomic E-state index is -1.98. The van der Waals surface area contributed by atoms with Crippen molar-refractivity contribution in [1.29, 1.82) is 0 Å². The van der Waals surface area contributed by atoms with Crippen LogP contribution in [0, 0.1) is 0 Å². The molecule has 17 atom stereocenters. The zero-order chi connectivity index (χ0) is 56.9. The highest BCUT2D eigenvalue weighted by Crippen LogP contribution is 2.33. The summed E-state index contributed by atoms with van der Waals surface area (Å²) in [6, 6.07) is -0.991. The lowest BCUT2D eigenvalue weighted by molar-refractivity contribution is -0.379. The van der Waals surface area contributed by atoms with Crippen LogP contribution in [-0.4, -0.2) is 193 Å². The second kappa shape index (κ2) is 42.6. The van der Waals surface area contributed by atoms with Crippen LogP contribution in [0.3, 0.4) is 0 Å². The summed E-state index contributed by atoms with van der Waals surface area (Å²) in [5.74, 6) is -0.293. The van der Waals surface area contributed by atoms with E-state index in [1.807, 2.05) is 6.08 Å². The zero-order valence-corrected chi connectivity index (χ0v) is 47.1. The van der Waals surface area contributed by atoms with Gasteiger partial charge in [0.25, 0.3) is 0 Å². The Kier molecular flexibility index (Phi) is 38.2. The molecule has 3 aliphatic heterocycles. The molecule has 0 saturated carbocycles. The monoisotopic (exact) mass is 1120 g/mol. The van der Waals surface area contributed by atoms with Gasteiger partial charge in [0.05, 0.1) is 38.6 Å². The van der Waals surface area contributed by atoms with Crippen molar-refractivity contribution >= 4 is 5.91 Å². The molecule has 3 heterocycles. The summed E-state index contributed by atoms with van der Waals surface area (Å²) in [6.45, 7) is 1.65. The van der Waals surface area contributed by atoms with Crippen LogP contribution in [0.15, 0.2) is 48.6 Å². The van der Waals surface area contributed by atoms with Crippen LogP contribution in [0.25, 0.3) is 0 Å². The lowest BCUT2D eigenvalue weighted by Crippen LogP contribution is -2.66. The standard InChI is InChI=1S/C59H105NO18/c1-3-5-7-9-11-13-15-17-18-19-20-21-22-23-24-25-27-29-31-33-35-37-47(65)60-42(43(64)36-34-32-30-28-26-16-14-12-10-8-6-4-2)41-73-57-53(71)50(68)55(45(39-62)75-57)78-59-54(72)51(69)56(46(40-63)76-59)77-58-52(70)49(67)48(66)44(38-61)74-58/h15,17,19-20,26,28,34,36,42-46,48-59,61-64,66-72H,3-14,16,18,21-25,27,29-33,35,37-41H2,1-2H3,(H,60,65)/b17-15-,20-19-,28-26+,36-34+. The van der Waals surface area contributed by atoms with E-state index in [0.717, 1.165) is 57.8 Å². The summed E-state index contributed by atoms with van der Waals surface area (Å²) in [5.41, 5.74) is 0. The van der Waals surface area contributed by atoms with E-state index in [1.54, 1.807) is 6.08 Å². The van der Waals surface area contributed by atoms with Crippen molar-refractivity contribution in [1.82, 2.24) is 5.32 Å². The molecule has 17 unspecified atom stereocenters. The fourth-order valence-electron chi connectivity index (χ4n) is 9.88. The maximum Gasteiger partial charge on any atom is 0.220 e. The number of aliphatic hydroxyl groups is 11. The van der Waals surface area contributed by atoms with Crippen LogP contribution < -0.4 is 5.32 Å². The molecule has 0 aromatic carbocycles. The third-order valence-electron chi connectivity index (χ3n) is 14.8. The lowest BCUT2D eigenvalue weighted by Gasteiger charge is -2.48. The third kappa shape index (κ3) is 26.3. The van der Waals surface area contributed by atoms with Gasteiger partial charge in [-0.2, -0.15) is 0 Å². The van der Waals surface area contributed by atoms with Crippen LogP contribution in [-0.2, 0) is 33.2 Å². The minimum Gasteiger partial charge on any atom is -0.394 e. The van der Waals surface area contributed by atoms with Crippen molar-refractivity contribution < 1.29 is 89.4 Å². The second-order valence-corrected chi connectivity index (χ2v) is 21.4. The molecule has 1 amide bonds. The average Bonchev–Trinajstić information content (AvgIpc) is 3.46.